The van der Waals surface area contributed by atoms with Gasteiger partial charge in [0.15, 0.2) is 0 Å². The number of rotatable bonds is 3. The Morgan fingerprint density at radius 2 is 1.60 bits per heavy atom. The Kier molecular flexibility index (Phi) is 4.66. The maximum Gasteiger partial charge on any atom is 0.0946 e. The minimum Gasteiger partial charge on any atom is -0.193 e. The lowest BCUT2D eigenvalue weighted by atomic mass is 10.0. The van der Waals surface area contributed by atoms with E-state index in [4.69, 9.17) is 5.26 Å². The first kappa shape index (κ1) is 9.23. The van der Waals surface area contributed by atoms with Crippen molar-refractivity contribution >= 4 is 0 Å². The van der Waals surface area contributed by atoms with E-state index in [-0.39, 0.29) is 0 Å². The van der Waals surface area contributed by atoms with Crippen molar-refractivity contribution in [2.24, 2.45) is 0 Å². The van der Waals surface area contributed by atoms with Gasteiger partial charge in [-0.2, -0.15) is 5.26 Å². The molecule has 0 amide bonds. The lowest BCUT2D eigenvalue weighted by molar-refractivity contribution is 0.932. The second kappa shape index (κ2) is 5.05. The quantitative estimate of drug-likeness (QED) is 0.548. The summed E-state index contributed by atoms with van der Waals surface area (Å²) in [6.45, 7) is 6.24. The second-order valence-electron chi connectivity index (χ2n) is 2.25. The molecule has 0 radical (unpaired) electrons. The van der Waals surface area contributed by atoms with Gasteiger partial charge >= 0.3 is 0 Å². The Morgan fingerprint density at radius 3 is 1.70 bits per heavy atom. The van der Waals surface area contributed by atoms with Gasteiger partial charge in [0.2, 0.25) is 0 Å². The van der Waals surface area contributed by atoms with Gasteiger partial charge in [-0.15, -0.1) is 0 Å². The van der Waals surface area contributed by atoms with Crippen LogP contribution < -0.4 is 0 Å². The predicted molar refractivity (Wildman–Crippen MR) is 43.5 cm³/mol. The average Bonchev–Trinajstić information content (AvgIpc) is 2.00. The van der Waals surface area contributed by atoms with Crippen LogP contribution in [0.5, 0.6) is 0 Å². The van der Waals surface area contributed by atoms with Crippen LogP contribution in [0.4, 0.5) is 0 Å². The molecule has 1 heteroatoms. The summed E-state index contributed by atoms with van der Waals surface area (Å²) in [6, 6.07) is 2.23. The van der Waals surface area contributed by atoms with Gasteiger partial charge in [-0.1, -0.05) is 26.3 Å². The minimum atomic E-state index is 0.882. The van der Waals surface area contributed by atoms with E-state index < -0.39 is 0 Å². The van der Waals surface area contributed by atoms with Crippen LogP contribution in [0.25, 0.3) is 0 Å². The maximum absolute atomic E-state index is 8.65. The Labute approximate surface area is 63.4 Å². The molecule has 0 fully saturated rings. The number of hydrogen-bond acceptors (Lipinski definition) is 1. The average molecular weight is 137 g/mol. The Bertz CT molecular complexity index is 154. The normalized spacial score (nSPS) is 8.60. The van der Waals surface area contributed by atoms with Crippen LogP contribution in [-0.2, 0) is 0 Å². The van der Waals surface area contributed by atoms with E-state index in [9.17, 15) is 0 Å². The van der Waals surface area contributed by atoms with Crippen molar-refractivity contribution in [3.05, 3.63) is 11.1 Å². The third kappa shape index (κ3) is 2.23. The molecule has 0 aliphatic heterocycles. The van der Waals surface area contributed by atoms with E-state index in [0.29, 0.717) is 0 Å². The molecule has 0 saturated heterocycles. The van der Waals surface area contributed by atoms with Crippen LogP contribution in [-0.4, -0.2) is 0 Å². The highest BCUT2D eigenvalue weighted by molar-refractivity contribution is 5.26. The van der Waals surface area contributed by atoms with Crippen molar-refractivity contribution < 1.29 is 0 Å². The van der Waals surface area contributed by atoms with Crippen molar-refractivity contribution in [1.82, 2.24) is 0 Å². The zero-order valence-corrected chi connectivity index (χ0v) is 7.07. The summed E-state index contributed by atoms with van der Waals surface area (Å²) in [5, 5.41) is 8.65. The molecule has 0 saturated carbocycles. The molecule has 0 aromatic rings. The predicted octanol–water partition coefficient (Wildman–Crippen LogP) is 3.04. The molecule has 10 heavy (non-hydrogen) atoms. The maximum atomic E-state index is 8.65. The molecule has 56 valence electrons. The summed E-state index contributed by atoms with van der Waals surface area (Å²) in [6.07, 6.45) is 2.92. The lowest BCUT2D eigenvalue weighted by Crippen LogP contribution is -1.85. The molecule has 0 bridgehead atoms. The highest BCUT2D eigenvalue weighted by Crippen LogP contribution is 2.14. The zero-order chi connectivity index (χ0) is 7.98. The molecule has 0 aliphatic rings. The van der Waals surface area contributed by atoms with Crippen LogP contribution in [0.3, 0.4) is 0 Å². The highest BCUT2D eigenvalue weighted by Gasteiger charge is 1.98. The molecular weight excluding hydrogens is 122 g/mol. The van der Waals surface area contributed by atoms with Crippen molar-refractivity contribution in [1.29, 1.82) is 5.26 Å². The van der Waals surface area contributed by atoms with Gasteiger partial charge in [0.25, 0.3) is 0 Å². The molecule has 1 nitrogen and oxygen atoms in total. The van der Waals surface area contributed by atoms with Crippen LogP contribution in [0.1, 0.15) is 40.0 Å². The standard InChI is InChI=1S/C9H15N/c1-4-8(5-2)9(6-3)7-10/h4-6H2,1-3H3. The minimum absolute atomic E-state index is 0.882. The zero-order valence-electron chi connectivity index (χ0n) is 7.07. The van der Waals surface area contributed by atoms with Crippen molar-refractivity contribution in [3.8, 4) is 6.07 Å². The first-order valence-corrected chi connectivity index (χ1v) is 3.91. The second-order valence-corrected chi connectivity index (χ2v) is 2.25. The summed E-state index contributed by atoms with van der Waals surface area (Å²) >= 11 is 0. The molecule has 0 heterocycles. The van der Waals surface area contributed by atoms with Crippen LogP contribution in [0, 0.1) is 11.3 Å². The van der Waals surface area contributed by atoms with Crippen LogP contribution in [0.2, 0.25) is 0 Å². The fraction of sp³-hybridized carbons (Fsp3) is 0.667. The third-order valence-electron chi connectivity index (χ3n) is 1.77. The van der Waals surface area contributed by atoms with E-state index in [2.05, 4.69) is 19.9 Å². The van der Waals surface area contributed by atoms with Crippen LogP contribution in [0.15, 0.2) is 11.1 Å². The Hall–Kier alpha value is -0.770. The molecule has 0 aromatic carbocycles. The molecular formula is C9H15N. The molecule has 0 N–H and O–H groups in total. The van der Waals surface area contributed by atoms with Crippen LogP contribution >= 0.6 is 0 Å². The van der Waals surface area contributed by atoms with E-state index in [1.54, 1.807) is 0 Å². The summed E-state index contributed by atoms with van der Waals surface area (Å²) < 4.78 is 0. The molecule has 0 rings (SSSR count). The van der Waals surface area contributed by atoms with Gasteiger partial charge in [-0.3, -0.25) is 0 Å². The van der Waals surface area contributed by atoms with Gasteiger partial charge < -0.3 is 0 Å². The Balaban J connectivity index is 4.40. The number of hydrogen-bond donors (Lipinski definition) is 0. The summed E-state index contributed by atoms with van der Waals surface area (Å²) in [7, 11) is 0. The van der Waals surface area contributed by atoms with Crippen molar-refractivity contribution in [2.75, 3.05) is 0 Å². The van der Waals surface area contributed by atoms with E-state index in [0.717, 1.165) is 24.8 Å². The molecule has 0 spiro atoms. The smallest absolute Gasteiger partial charge is 0.0946 e. The van der Waals surface area contributed by atoms with Gasteiger partial charge in [0.1, 0.15) is 0 Å². The van der Waals surface area contributed by atoms with Gasteiger partial charge in [0, 0.05) is 5.57 Å². The largest absolute Gasteiger partial charge is 0.193 e. The first-order valence-electron chi connectivity index (χ1n) is 3.91. The lowest BCUT2D eigenvalue weighted by Gasteiger charge is -2.01. The third-order valence-corrected chi connectivity index (χ3v) is 1.77. The summed E-state index contributed by atoms with van der Waals surface area (Å²) in [4.78, 5) is 0. The monoisotopic (exact) mass is 137 g/mol. The van der Waals surface area contributed by atoms with E-state index in [1.165, 1.54) is 5.57 Å². The van der Waals surface area contributed by atoms with E-state index >= 15 is 0 Å². The first-order chi connectivity index (χ1) is 4.79. The molecule has 0 aromatic heterocycles. The fourth-order valence-electron chi connectivity index (χ4n) is 1.08. The van der Waals surface area contributed by atoms with E-state index in [1.807, 2.05) is 6.92 Å². The number of allylic oxidation sites excluding steroid dienone is 2. The van der Waals surface area contributed by atoms with Crippen molar-refractivity contribution in [3.63, 3.8) is 0 Å². The number of nitrogens with zero attached hydrogens (tertiary/aromatic N) is 1. The molecule has 0 aliphatic carbocycles. The molecule has 0 unspecified atom stereocenters. The summed E-state index contributed by atoms with van der Waals surface area (Å²) in [5.41, 5.74) is 2.29. The van der Waals surface area contributed by atoms with Gasteiger partial charge in [-0.05, 0) is 19.3 Å². The van der Waals surface area contributed by atoms with Gasteiger partial charge in [0.05, 0.1) is 6.07 Å². The SMILES string of the molecule is CCC(C#N)=C(CC)CC. The molecule has 0 atom stereocenters. The Morgan fingerprint density at radius 1 is 1.10 bits per heavy atom. The highest BCUT2D eigenvalue weighted by atomic mass is 14.2. The van der Waals surface area contributed by atoms with Gasteiger partial charge in [-0.25, -0.2) is 0 Å². The summed E-state index contributed by atoms with van der Waals surface area (Å²) in [5.74, 6) is 0. The van der Waals surface area contributed by atoms with Crippen molar-refractivity contribution in [2.45, 2.75) is 40.0 Å². The topological polar surface area (TPSA) is 23.8 Å². The number of nitriles is 1. The fourth-order valence-corrected chi connectivity index (χ4v) is 1.08.